The van der Waals surface area contributed by atoms with Crippen molar-refractivity contribution >= 4 is 46.8 Å². The second-order valence-electron chi connectivity index (χ2n) is 10.0. The Morgan fingerprint density at radius 3 is 2.58 bits per heavy atom. The number of aliphatic carboxylic acids is 1. The fraction of sp³-hybridized carbons (Fsp3) is 0.481. The van der Waals surface area contributed by atoms with Crippen LogP contribution in [0.25, 0.3) is 10.4 Å². The van der Waals surface area contributed by atoms with E-state index in [1.807, 2.05) is 0 Å². The number of thiazole rings is 1. The molecule has 2 N–H and O–H groups in total. The highest BCUT2D eigenvalue weighted by Crippen LogP contribution is 2.43. The smallest absolute Gasteiger partial charge is 0.412 e. The van der Waals surface area contributed by atoms with Crippen LogP contribution in [0, 0.1) is 23.1 Å². The molecule has 0 spiro atoms. The van der Waals surface area contributed by atoms with Gasteiger partial charge in [-0.15, -0.1) is 11.3 Å². The van der Waals surface area contributed by atoms with Crippen LogP contribution in [0.1, 0.15) is 52.9 Å². The second-order valence-corrected chi connectivity index (χ2v) is 11.3. The number of rotatable bonds is 9. The first-order valence-electron chi connectivity index (χ1n) is 12.4. The van der Waals surface area contributed by atoms with Crippen LogP contribution in [0.5, 0.6) is 0 Å². The molecule has 1 aliphatic rings. The third kappa shape index (κ3) is 8.26. The quantitative estimate of drug-likeness (QED) is 0.192. The molecule has 3 atom stereocenters. The maximum Gasteiger partial charge on any atom is 0.412 e. The van der Waals surface area contributed by atoms with Crippen molar-refractivity contribution in [3.8, 4) is 10.4 Å². The third-order valence-corrected chi connectivity index (χ3v) is 8.28. The molecular weight excluding hydrogens is 535 g/mol. The van der Waals surface area contributed by atoms with E-state index in [2.05, 4.69) is 24.1 Å². The molecule has 1 aliphatic carbocycles. The highest BCUT2D eigenvalue weighted by molar-refractivity contribution is 7.13. The Morgan fingerprint density at radius 1 is 1.26 bits per heavy atom. The number of ether oxygens (including phenoxy) is 2. The average molecular weight is 567 g/mol. The minimum Gasteiger partial charge on any atom is -0.478 e. The zero-order chi connectivity index (χ0) is 27.9. The van der Waals surface area contributed by atoms with Crippen LogP contribution in [0.4, 0.5) is 15.0 Å². The number of nitrogens with zero attached hydrogens (tertiary/aromatic N) is 1. The Labute approximate surface area is 230 Å². The highest BCUT2D eigenvalue weighted by atomic mass is 35.5. The summed E-state index contributed by atoms with van der Waals surface area (Å²) in [6.45, 7) is 6.29. The van der Waals surface area contributed by atoms with E-state index in [1.165, 1.54) is 23.5 Å². The zero-order valence-electron chi connectivity index (χ0n) is 21.5. The Bertz CT molecular complexity index is 1170. The van der Waals surface area contributed by atoms with E-state index in [0.29, 0.717) is 28.7 Å². The normalized spacial score (nSPS) is 22.4. The molecule has 0 bridgehead atoms. The van der Waals surface area contributed by atoms with Crippen molar-refractivity contribution in [2.24, 2.45) is 17.3 Å². The molecule has 11 heteroatoms. The standard InChI is InChI=1S/C27H32ClFN2O6S/c1-16-8-10-27(11-9-17(16)2,13-18(3)37-23(34)7-6-22(32)33)14-36-26(35)31-25-24(38-15-30-25)19-4-5-21(29)20(28)12-19/h4-7,12,15-18H,8-11,13-14H2,1-3H3,(H,31,35)(H,32,33)/b7-6+. The number of halogens is 2. The molecule has 1 aromatic heterocycles. The number of hydrogen-bond donors (Lipinski definition) is 2. The number of carbonyl (C=O) groups is 3. The van der Waals surface area contributed by atoms with Crippen LogP contribution in [0.15, 0.2) is 35.9 Å². The summed E-state index contributed by atoms with van der Waals surface area (Å²) < 4.78 is 24.7. The van der Waals surface area contributed by atoms with Crippen LogP contribution in [-0.4, -0.2) is 40.8 Å². The number of aromatic nitrogens is 1. The summed E-state index contributed by atoms with van der Waals surface area (Å²) in [6, 6.07) is 4.28. The van der Waals surface area contributed by atoms with Crippen LogP contribution in [0.2, 0.25) is 5.02 Å². The molecule has 1 heterocycles. The molecule has 3 rings (SSSR count). The summed E-state index contributed by atoms with van der Waals surface area (Å²) >= 11 is 7.19. The molecule has 2 aromatic rings. The lowest BCUT2D eigenvalue weighted by Gasteiger charge is -2.34. The van der Waals surface area contributed by atoms with Crippen molar-refractivity contribution in [2.45, 2.75) is 59.0 Å². The molecule has 1 amide bonds. The van der Waals surface area contributed by atoms with E-state index in [9.17, 15) is 18.8 Å². The fourth-order valence-electron chi connectivity index (χ4n) is 4.73. The number of amides is 1. The van der Waals surface area contributed by atoms with E-state index in [4.69, 9.17) is 26.2 Å². The van der Waals surface area contributed by atoms with E-state index >= 15 is 0 Å². The summed E-state index contributed by atoms with van der Waals surface area (Å²) in [5.41, 5.74) is 1.76. The first-order valence-corrected chi connectivity index (χ1v) is 13.7. The SMILES string of the molecule is CC(CC1(COC(=O)Nc2ncsc2-c2ccc(F)c(Cl)c2)CCC(C)C(C)CC1)OC(=O)/C=C/C(=O)O. The van der Waals surface area contributed by atoms with E-state index < -0.39 is 35.4 Å². The first-order chi connectivity index (χ1) is 18.0. The third-order valence-electron chi connectivity index (χ3n) is 7.11. The Hall–Kier alpha value is -2.98. The number of nitrogens with one attached hydrogen (secondary N) is 1. The largest absolute Gasteiger partial charge is 0.478 e. The average Bonchev–Trinajstić information content (AvgIpc) is 3.27. The van der Waals surface area contributed by atoms with Crippen molar-refractivity contribution in [1.29, 1.82) is 0 Å². The summed E-state index contributed by atoms with van der Waals surface area (Å²) in [7, 11) is 0. The van der Waals surface area contributed by atoms with Crippen molar-refractivity contribution in [3.05, 3.63) is 46.7 Å². The Balaban J connectivity index is 1.69. The maximum atomic E-state index is 13.6. The van der Waals surface area contributed by atoms with Crippen LogP contribution < -0.4 is 5.32 Å². The van der Waals surface area contributed by atoms with E-state index in [0.717, 1.165) is 37.8 Å². The number of hydrogen-bond acceptors (Lipinski definition) is 7. The van der Waals surface area contributed by atoms with E-state index in [-0.39, 0.29) is 17.4 Å². The van der Waals surface area contributed by atoms with Gasteiger partial charge in [0.25, 0.3) is 0 Å². The molecule has 206 valence electrons. The van der Waals surface area contributed by atoms with Crippen LogP contribution in [-0.2, 0) is 19.1 Å². The van der Waals surface area contributed by atoms with Gasteiger partial charge in [0.15, 0.2) is 5.82 Å². The minimum absolute atomic E-state index is 0.0311. The Kier molecular flexibility index (Phi) is 10.3. The molecule has 0 aliphatic heterocycles. The number of carboxylic acids is 1. The van der Waals surface area contributed by atoms with Gasteiger partial charge in [0.05, 0.1) is 28.1 Å². The van der Waals surface area contributed by atoms with Crippen molar-refractivity contribution in [1.82, 2.24) is 4.98 Å². The summed E-state index contributed by atoms with van der Waals surface area (Å²) in [6.07, 6.45) is 4.34. The number of esters is 1. The summed E-state index contributed by atoms with van der Waals surface area (Å²) in [5.74, 6) is -1.22. The number of carbonyl (C=O) groups excluding carboxylic acids is 2. The summed E-state index contributed by atoms with van der Waals surface area (Å²) in [4.78, 5) is 40.3. The van der Waals surface area contributed by atoms with Gasteiger partial charge in [0, 0.05) is 17.6 Å². The van der Waals surface area contributed by atoms with Gasteiger partial charge in [-0.25, -0.2) is 23.8 Å². The molecule has 0 saturated heterocycles. The van der Waals surface area contributed by atoms with Crippen LogP contribution >= 0.6 is 22.9 Å². The Morgan fingerprint density at radius 2 is 1.95 bits per heavy atom. The number of anilines is 1. The summed E-state index contributed by atoms with van der Waals surface area (Å²) in [5, 5.41) is 11.4. The lowest BCUT2D eigenvalue weighted by atomic mass is 9.76. The minimum atomic E-state index is -1.23. The topological polar surface area (TPSA) is 115 Å². The van der Waals surface area contributed by atoms with E-state index in [1.54, 1.807) is 18.5 Å². The maximum absolute atomic E-state index is 13.6. The van der Waals surface area contributed by atoms with Crippen molar-refractivity contribution in [3.63, 3.8) is 0 Å². The van der Waals surface area contributed by atoms with Gasteiger partial charge in [-0.1, -0.05) is 31.5 Å². The first kappa shape index (κ1) is 29.6. The predicted molar refractivity (Wildman–Crippen MR) is 144 cm³/mol. The highest BCUT2D eigenvalue weighted by Gasteiger charge is 2.38. The van der Waals surface area contributed by atoms with Gasteiger partial charge >= 0.3 is 18.0 Å². The lowest BCUT2D eigenvalue weighted by Crippen LogP contribution is -2.34. The van der Waals surface area contributed by atoms with Gasteiger partial charge in [-0.05, 0) is 68.6 Å². The monoisotopic (exact) mass is 566 g/mol. The zero-order valence-corrected chi connectivity index (χ0v) is 23.1. The van der Waals surface area contributed by atoms with Gasteiger partial charge in [0.1, 0.15) is 5.82 Å². The number of carboxylic acid groups (broad SMARTS) is 1. The molecular formula is C27H32ClFN2O6S. The van der Waals surface area contributed by atoms with Crippen molar-refractivity contribution < 1.29 is 33.4 Å². The number of benzene rings is 1. The predicted octanol–water partition coefficient (Wildman–Crippen LogP) is 6.95. The molecule has 1 fully saturated rings. The molecule has 3 unspecified atom stereocenters. The van der Waals surface area contributed by atoms with Gasteiger partial charge in [-0.3, -0.25) is 5.32 Å². The molecule has 1 saturated carbocycles. The molecule has 1 aromatic carbocycles. The molecule has 0 radical (unpaired) electrons. The lowest BCUT2D eigenvalue weighted by molar-refractivity contribution is -0.144. The van der Waals surface area contributed by atoms with Gasteiger partial charge in [-0.2, -0.15) is 0 Å². The van der Waals surface area contributed by atoms with Crippen LogP contribution in [0.3, 0.4) is 0 Å². The fourth-order valence-corrected chi connectivity index (χ4v) is 5.65. The van der Waals surface area contributed by atoms with Gasteiger partial charge in [0.2, 0.25) is 0 Å². The molecule has 38 heavy (non-hydrogen) atoms. The molecule has 8 nitrogen and oxygen atoms in total. The van der Waals surface area contributed by atoms with Crippen molar-refractivity contribution in [2.75, 3.05) is 11.9 Å². The second kappa shape index (κ2) is 13.2. The van der Waals surface area contributed by atoms with Gasteiger partial charge < -0.3 is 14.6 Å².